The Bertz CT molecular complexity index is 600. The summed E-state index contributed by atoms with van der Waals surface area (Å²) in [6.07, 6.45) is 3.38. The standard InChI is InChI=1S/C10H11ClN4O2/c11-9-12-4-7-8(14-9)15(10(16)13-7)6-2-1-3-17-5-6/h4,6H,1-3,5H2,(H,13,16)/t6-/m0/s1. The summed E-state index contributed by atoms with van der Waals surface area (Å²) in [6, 6.07) is 0.0240. The van der Waals surface area contributed by atoms with E-state index in [1.807, 2.05) is 0 Å². The van der Waals surface area contributed by atoms with Crippen LogP contribution in [0.5, 0.6) is 0 Å². The third kappa shape index (κ3) is 1.83. The molecule has 1 N–H and O–H groups in total. The monoisotopic (exact) mass is 254 g/mol. The topological polar surface area (TPSA) is 72.8 Å². The van der Waals surface area contributed by atoms with E-state index in [0.29, 0.717) is 17.8 Å². The highest BCUT2D eigenvalue weighted by atomic mass is 35.5. The van der Waals surface area contributed by atoms with Crippen molar-refractivity contribution in [3.63, 3.8) is 0 Å². The molecule has 1 fully saturated rings. The van der Waals surface area contributed by atoms with E-state index >= 15 is 0 Å². The number of rotatable bonds is 1. The number of hydrogen-bond acceptors (Lipinski definition) is 4. The lowest BCUT2D eigenvalue weighted by atomic mass is 10.1. The largest absolute Gasteiger partial charge is 0.379 e. The first-order valence-electron chi connectivity index (χ1n) is 5.46. The molecule has 6 nitrogen and oxygen atoms in total. The molecule has 0 unspecified atom stereocenters. The molecule has 1 aliphatic rings. The van der Waals surface area contributed by atoms with Crippen molar-refractivity contribution >= 4 is 22.8 Å². The smallest absolute Gasteiger partial charge is 0.328 e. The molecule has 17 heavy (non-hydrogen) atoms. The molecule has 0 saturated carbocycles. The van der Waals surface area contributed by atoms with Gasteiger partial charge in [0.25, 0.3) is 0 Å². The molecule has 0 bridgehead atoms. The van der Waals surface area contributed by atoms with Gasteiger partial charge in [0.05, 0.1) is 18.8 Å². The minimum atomic E-state index is -0.188. The Balaban J connectivity index is 2.16. The minimum Gasteiger partial charge on any atom is -0.379 e. The Morgan fingerprint density at radius 3 is 3.24 bits per heavy atom. The molecule has 3 heterocycles. The van der Waals surface area contributed by atoms with Gasteiger partial charge in [-0.25, -0.2) is 9.78 Å². The number of aromatic nitrogens is 4. The van der Waals surface area contributed by atoms with Crippen LogP contribution in [0.15, 0.2) is 11.0 Å². The fourth-order valence-electron chi connectivity index (χ4n) is 2.16. The Kier molecular flexibility index (Phi) is 2.60. The van der Waals surface area contributed by atoms with Crippen LogP contribution in [-0.2, 0) is 4.74 Å². The van der Waals surface area contributed by atoms with Gasteiger partial charge in [0.15, 0.2) is 5.65 Å². The van der Waals surface area contributed by atoms with Crippen LogP contribution in [0.2, 0.25) is 5.28 Å². The van der Waals surface area contributed by atoms with Crippen LogP contribution in [0.1, 0.15) is 18.9 Å². The SMILES string of the molecule is O=c1[nH]c2cnc(Cl)nc2n1[C@H]1CCCOC1. The zero-order valence-electron chi connectivity index (χ0n) is 9.02. The maximum absolute atomic E-state index is 11.9. The molecule has 1 aliphatic heterocycles. The predicted octanol–water partition coefficient (Wildman–Crippen LogP) is 1.12. The summed E-state index contributed by atoms with van der Waals surface area (Å²) in [4.78, 5) is 22.6. The van der Waals surface area contributed by atoms with Crippen LogP contribution < -0.4 is 5.69 Å². The molecule has 2 aromatic rings. The summed E-state index contributed by atoms with van der Waals surface area (Å²) in [7, 11) is 0. The number of H-pyrrole nitrogens is 1. The molecule has 0 radical (unpaired) electrons. The van der Waals surface area contributed by atoms with Gasteiger partial charge in [0.2, 0.25) is 5.28 Å². The molecule has 0 aliphatic carbocycles. The van der Waals surface area contributed by atoms with Gasteiger partial charge in [-0.15, -0.1) is 0 Å². The van der Waals surface area contributed by atoms with Crippen LogP contribution in [-0.4, -0.2) is 32.7 Å². The van der Waals surface area contributed by atoms with Crippen molar-refractivity contribution in [2.75, 3.05) is 13.2 Å². The van der Waals surface area contributed by atoms with Gasteiger partial charge in [-0.1, -0.05) is 0 Å². The Labute approximate surface area is 102 Å². The van der Waals surface area contributed by atoms with Gasteiger partial charge in [0, 0.05) is 6.61 Å². The van der Waals surface area contributed by atoms with Crippen molar-refractivity contribution in [2.24, 2.45) is 0 Å². The summed E-state index contributed by atoms with van der Waals surface area (Å²) >= 11 is 5.76. The van der Waals surface area contributed by atoms with Crippen LogP contribution >= 0.6 is 11.6 Å². The highest BCUT2D eigenvalue weighted by Crippen LogP contribution is 2.21. The zero-order chi connectivity index (χ0) is 11.8. The third-order valence-corrected chi connectivity index (χ3v) is 3.11. The number of halogens is 1. The van der Waals surface area contributed by atoms with E-state index in [4.69, 9.17) is 16.3 Å². The van der Waals surface area contributed by atoms with Gasteiger partial charge in [0.1, 0.15) is 5.52 Å². The van der Waals surface area contributed by atoms with Gasteiger partial charge >= 0.3 is 5.69 Å². The number of nitrogens with one attached hydrogen (secondary N) is 1. The second-order valence-corrected chi connectivity index (χ2v) is 4.39. The normalized spacial score (nSPS) is 20.9. The first-order valence-corrected chi connectivity index (χ1v) is 5.84. The number of hydrogen-bond donors (Lipinski definition) is 1. The number of ether oxygens (including phenoxy) is 1. The molecule has 0 amide bonds. The second-order valence-electron chi connectivity index (χ2n) is 4.05. The van der Waals surface area contributed by atoms with Gasteiger partial charge in [-0.2, -0.15) is 4.98 Å². The minimum absolute atomic E-state index is 0.0240. The molecule has 3 rings (SSSR count). The molecule has 0 spiro atoms. The highest BCUT2D eigenvalue weighted by molar-refractivity contribution is 6.28. The Hall–Kier alpha value is -1.40. The summed E-state index contributed by atoms with van der Waals surface area (Å²) in [5, 5.41) is 0.141. The van der Waals surface area contributed by atoms with Crippen molar-refractivity contribution in [3.8, 4) is 0 Å². The average Bonchev–Trinajstić information content (AvgIpc) is 2.65. The first-order chi connectivity index (χ1) is 8.25. The average molecular weight is 255 g/mol. The van der Waals surface area contributed by atoms with E-state index in [1.165, 1.54) is 6.20 Å². The molecule has 7 heteroatoms. The lowest BCUT2D eigenvalue weighted by molar-refractivity contribution is 0.0593. The van der Waals surface area contributed by atoms with Crippen LogP contribution in [0, 0.1) is 0 Å². The van der Waals surface area contributed by atoms with E-state index in [0.717, 1.165) is 19.4 Å². The molecular weight excluding hydrogens is 244 g/mol. The van der Waals surface area contributed by atoms with E-state index < -0.39 is 0 Å². The summed E-state index contributed by atoms with van der Waals surface area (Å²) in [6.45, 7) is 1.29. The van der Waals surface area contributed by atoms with Crippen molar-refractivity contribution in [1.29, 1.82) is 0 Å². The first kappa shape index (κ1) is 10.7. The van der Waals surface area contributed by atoms with Crippen molar-refractivity contribution in [3.05, 3.63) is 22.0 Å². The number of imidazole rings is 1. The maximum atomic E-state index is 11.9. The fourth-order valence-corrected chi connectivity index (χ4v) is 2.29. The molecule has 1 atom stereocenters. The quantitative estimate of drug-likeness (QED) is 0.774. The fraction of sp³-hybridized carbons (Fsp3) is 0.500. The van der Waals surface area contributed by atoms with Gasteiger partial charge in [-0.05, 0) is 24.4 Å². The summed E-state index contributed by atoms with van der Waals surface area (Å²) in [5.74, 6) is 0. The number of nitrogens with zero attached hydrogens (tertiary/aromatic N) is 3. The van der Waals surface area contributed by atoms with Crippen molar-refractivity contribution in [2.45, 2.75) is 18.9 Å². The van der Waals surface area contributed by atoms with Crippen molar-refractivity contribution < 1.29 is 4.74 Å². The van der Waals surface area contributed by atoms with Crippen LogP contribution in [0.3, 0.4) is 0 Å². The van der Waals surface area contributed by atoms with Crippen molar-refractivity contribution in [1.82, 2.24) is 19.5 Å². The summed E-state index contributed by atoms with van der Waals surface area (Å²) < 4.78 is 7.00. The van der Waals surface area contributed by atoms with Crippen LogP contribution in [0.25, 0.3) is 11.2 Å². The lowest BCUT2D eigenvalue weighted by Crippen LogP contribution is -2.29. The molecule has 0 aromatic carbocycles. The van der Waals surface area contributed by atoms with Crippen LogP contribution in [0.4, 0.5) is 0 Å². The van der Waals surface area contributed by atoms with E-state index in [1.54, 1.807) is 4.57 Å². The Morgan fingerprint density at radius 2 is 2.47 bits per heavy atom. The maximum Gasteiger partial charge on any atom is 0.328 e. The lowest BCUT2D eigenvalue weighted by Gasteiger charge is -2.22. The van der Waals surface area contributed by atoms with E-state index in [-0.39, 0.29) is 17.0 Å². The molecular formula is C10H11ClN4O2. The zero-order valence-corrected chi connectivity index (χ0v) is 9.78. The summed E-state index contributed by atoms with van der Waals surface area (Å²) in [5.41, 5.74) is 0.961. The highest BCUT2D eigenvalue weighted by Gasteiger charge is 2.21. The molecule has 1 saturated heterocycles. The number of aromatic amines is 1. The van der Waals surface area contributed by atoms with Gasteiger partial charge < -0.3 is 9.72 Å². The third-order valence-electron chi connectivity index (χ3n) is 2.93. The van der Waals surface area contributed by atoms with Gasteiger partial charge in [-0.3, -0.25) is 4.57 Å². The van der Waals surface area contributed by atoms with E-state index in [9.17, 15) is 4.79 Å². The number of fused-ring (bicyclic) bond motifs is 1. The molecule has 90 valence electrons. The predicted molar refractivity (Wildman–Crippen MR) is 62.2 cm³/mol. The molecule has 2 aromatic heterocycles. The second kappa shape index (κ2) is 4.12. The Morgan fingerprint density at radius 1 is 1.59 bits per heavy atom. The van der Waals surface area contributed by atoms with E-state index in [2.05, 4.69) is 15.0 Å².